The van der Waals surface area contributed by atoms with Crippen molar-refractivity contribution in [3.05, 3.63) is 0 Å². The third-order valence-corrected chi connectivity index (χ3v) is 11.6. The molecular formula is C23H45ClO9SSi. The van der Waals surface area contributed by atoms with Crippen LogP contribution in [0.4, 0.5) is 4.79 Å². The predicted octanol–water partition coefficient (Wildman–Crippen LogP) is 5.47. The highest BCUT2D eigenvalue weighted by Crippen LogP contribution is 2.40. The Hall–Kier alpha value is -0.883. The van der Waals surface area contributed by atoms with Crippen LogP contribution >= 0.6 is 11.6 Å². The third kappa shape index (κ3) is 12.3. The maximum atomic E-state index is 13.4. The molecule has 2 atom stereocenters. The average molecular weight is 561 g/mol. The first-order valence-electron chi connectivity index (χ1n) is 11.8. The van der Waals surface area contributed by atoms with Crippen LogP contribution in [0.2, 0.25) is 18.1 Å². The lowest BCUT2D eigenvalue weighted by Crippen LogP contribution is -2.53. The van der Waals surface area contributed by atoms with Gasteiger partial charge in [-0.15, -0.1) is 11.6 Å². The van der Waals surface area contributed by atoms with Gasteiger partial charge in [-0.05, 0) is 38.4 Å². The van der Waals surface area contributed by atoms with Crippen molar-refractivity contribution in [2.45, 2.75) is 105 Å². The summed E-state index contributed by atoms with van der Waals surface area (Å²) in [6, 6.07) is 0. The molecule has 0 aromatic heterocycles. The number of alkyl halides is 1. The molecule has 0 fully saturated rings. The van der Waals surface area contributed by atoms with Crippen molar-refractivity contribution in [2.75, 3.05) is 18.2 Å². The molecule has 0 N–H and O–H groups in total. The molecule has 0 bridgehead atoms. The molecule has 35 heavy (non-hydrogen) atoms. The van der Waals surface area contributed by atoms with E-state index < -0.39 is 54.5 Å². The lowest BCUT2D eigenvalue weighted by Gasteiger charge is -2.43. The summed E-state index contributed by atoms with van der Waals surface area (Å²) in [4.78, 5) is 25.4. The number of rotatable bonds is 14. The van der Waals surface area contributed by atoms with E-state index in [1.165, 1.54) is 0 Å². The molecular weight excluding hydrogens is 516 g/mol. The van der Waals surface area contributed by atoms with E-state index in [-0.39, 0.29) is 35.6 Å². The fraction of sp³-hybridized carbons (Fsp3) is 0.913. The molecule has 0 aromatic carbocycles. The topological polar surface area (TPSA) is 114 Å². The second-order valence-corrected chi connectivity index (χ2v) is 18.3. The summed E-state index contributed by atoms with van der Waals surface area (Å²) in [6.07, 6.45) is -3.52. The fourth-order valence-corrected chi connectivity index (χ4v) is 5.14. The first-order chi connectivity index (χ1) is 15.6. The van der Waals surface area contributed by atoms with E-state index in [9.17, 15) is 18.0 Å². The Morgan fingerprint density at radius 2 is 1.49 bits per heavy atom. The number of halogens is 1. The largest absolute Gasteiger partial charge is 0.511 e. The molecule has 12 heteroatoms. The molecule has 0 spiro atoms. The van der Waals surface area contributed by atoms with Gasteiger partial charge in [-0.25, -0.2) is 9.59 Å². The molecule has 0 aromatic rings. The van der Waals surface area contributed by atoms with Gasteiger partial charge in [-0.3, -0.25) is 4.18 Å². The van der Waals surface area contributed by atoms with Crippen LogP contribution < -0.4 is 0 Å². The van der Waals surface area contributed by atoms with Crippen molar-refractivity contribution in [1.29, 1.82) is 0 Å². The van der Waals surface area contributed by atoms with E-state index in [2.05, 4.69) is 0 Å². The number of hydrogen-bond donors (Lipinski definition) is 0. The Morgan fingerprint density at radius 1 is 0.943 bits per heavy atom. The van der Waals surface area contributed by atoms with E-state index in [0.29, 0.717) is 0 Å². The van der Waals surface area contributed by atoms with Crippen molar-refractivity contribution in [3.63, 3.8) is 0 Å². The fourth-order valence-electron chi connectivity index (χ4n) is 2.39. The minimum atomic E-state index is -3.84. The lowest BCUT2D eigenvalue weighted by atomic mass is 9.87. The summed E-state index contributed by atoms with van der Waals surface area (Å²) in [5.41, 5.74) is -1.10. The Bertz CT molecular complexity index is 789. The maximum Gasteiger partial charge on any atom is 0.511 e. The average Bonchev–Trinajstić information content (AvgIpc) is 2.67. The number of esters is 1. The minimum Gasteiger partial charge on any atom is -0.431 e. The predicted molar refractivity (Wildman–Crippen MR) is 138 cm³/mol. The zero-order valence-corrected chi connectivity index (χ0v) is 25.7. The van der Waals surface area contributed by atoms with Gasteiger partial charge in [0.1, 0.15) is 0 Å². The molecule has 1 unspecified atom stereocenters. The minimum absolute atomic E-state index is 0.186. The molecule has 0 aliphatic rings. The Kier molecular flexibility index (Phi) is 13.3. The van der Waals surface area contributed by atoms with E-state index in [1.807, 2.05) is 33.9 Å². The Balaban J connectivity index is 5.94. The molecule has 0 aliphatic heterocycles. The van der Waals surface area contributed by atoms with Gasteiger partial charge >= 0.3 is 12.1 Å². The highest BCUT2D eigenvalue weighted by Gasteiger charge is 2.47. The van der Waals surface area contributed by atoms with Gasteiger partial charge in [0.2, 0.25) is 0 Å². The maximum absolute atomic E-state index is 13.4. The first-order valence-corrected chi connectivity index (χ1v) is 16.9. The third-order valence-electron chi connectivity index (χ3n) is 5.60. The van der Waals surface area contributed by atoms with Crippen LogP contribution in [-0.2, 0) is 37.7 Å². The van der Waals surface area contributed by atoms with Gasteiger partial charge in [0.25, 0.3) is 16.4 Å². The molecule has 0 rings (SSSR count). The van der Waals surface area contributed by atoms with Gasteiger partial charge in [-0.2, -0.15) is 8.42 Å². The van der Waals surface area contributed by atoms with E-state index in [0.717, 1.165) is 0 Å². The van der Waals surface area contributed by atoms with Crippen LogP contribution in [0.5, 0.6) is 0 Å². The summed E-state index contributed by atoms with van der Waals surface area (Å²) in [7, 11) is -6.36. The molecule has 0 heterocycles. The van der Waals surface area contributed by atoms with Gasteiger partial charge in [0, 0.05) is 17.2 Å². The second kappa shape index (κ2) is 13.6. The highest BCUT2D eigenvalue weighted by atomic mass is 35.5. The number of hydrogen-bond acceptors (Lipinski definition) is 9. The quantitative estimate of drug-likeness (QED) is 0.0896. The summed E-state index contributed by atoms with van der Waals surface area (Å²) in [6.45, 7) is 19.8. The molecule has 0 saturated heterocycles. The zero-order valence-electron chi connectivity index (χ0n) is 23.1. The first kappa shape index (κ1) is 34.1. The van der Waals surface area contributed by atoms with Crippen molar-refractivity contribution in [2.24, 2.45) is 11.3 Å². The number of ether oxygens (including phenoxy) is 3. The van der Waals surface area contributed by atoms with Crippen LogP contribution in [0.15, 0.2) is 0 Å². The van der Waals surface area contributed by atoms with Crippen LogP contribution in [0.1, 0.15) is 68.7 Å². The van der Waals surface area contributed by atoms with Crippen molar-refractivity contribution in [3.8, 4) is 0 Å². The lowest BCUT2D eigenvalue weighted by molar-refractivity contribution is -0.193. The Morgan fingerprint density at radius 3 is 1.91 bits per heavy atom. The van der Waals surface area contributed by atoms with E-state index in [4.69, 9.17) is 34.4 Å². The van der Waals surface area contributed by atoms with E-state index >= 15 is 0 Å². The van der Waals surface area contributed by atoms with Crippen LogP contribution in [-0.4, -0.2) is 65.6 Å². The highest BCUT2D eigenvalue weighted by molar-refractivity contribution is 7.86. The van der Waals surface area contributed by atoms with E-state index in [1.54, 1.807) is 41.5 Å². The van der Waals surface area contributed by atoms with Crippen molar-refractivity contribution < 1.29 is 40.8 Å². The second-order valence-electron chi connectivity index (χ2n) is 11.4. The van der Waals surface area contributed by atoms with Gasteiger partial charge < -0.3 is 18.6 Å². The summed E-state index contributed by atoms with van der Waals surface area (Å²) in [5, 5.41) is -0.246. The van der Waals surface area contributed by atoms with Gasteiger partial charge in [-0.1, -0.05) is 48.5 Å². The van der Waals surface area contributed by atoms with Crippen LogP contribution in [0, 0.1) is 11.3 Å². The number of carbonyl (C=O) groups excluding carboxylic acids is 2. The summed E-state index contributed by atoms with van der Waals surface area (Å²) < 4.78 is 51.9. The summed E-state index contributed by atoms with van der Waals surface area (Å²) >= 11 is 5.60. The van der Waals surface area contributed by atoms with Crippen molar-refractivity contribution >= 4 is 42.2 Å². The van der Waals surface area contributed by atoms with Crippen LogP contribution in [0.25, 0.3) is 0 Å². The SMILES string of the molecule is CC(C)OC(=O)OC(OC(=O)[C@H](O[Si](C)(C)C(C)(C)C)C(C)(C)COS(=O)(=O)CCCCl)C(C)C. The van der Waals surface area contributed by atoms with Gasteiger partial charge in [0.15, 0.2) is 14.4 Å². The Labute approximate surface area is 217 Å². The monoisotopic (exact) mass is 560 g/mol. The smallest absolute Gasteiger partial charge is 0.431 e. The normalized spacial score (nSPS) is 15.1. The molecule has 9 nitrogen and oxygen atoms in total. The van der Waals surface area contributed by atoms with Crippen molar-refractivity contribution in [1.82, 2.24) is 0 Å². The zero-order chi connectivity index (χ0) is 27.8. The molecule has 0 aliphatic carbocycles. The molecule has 0 saturated carbocycles. The summed E-state index contributed by atoms with van der Waals surface area (Å²) in [5.74, 6) is -1.20. The standard InChI is InChI=1S/C23H45ClO9SSi/c1-16(2)20(32-21(26)30-17(3)4)31-19(25)18(33-35(10,11)22(5,6)7)23(8,9)15-29-34(27,28)14-12-13-24/h16-18,20H,12-15H2,1-11H3/t18-,20?/m0/s1. The molecule has 0 amide bonds. The molecule has 0 radical (unpaired) electrons. The van der Waals surface area contributed by atoms with Gasteiger partial charge in [0.05, 0.1) is 18.5 Å². The molecule has 208 valence electrons. The number of carbonyl (C=O) groups is 2. The van der Waals surface area contributed by atoms with Crippen LogP contribution in [0.3, 0.4) is 0 Å².